The Morgan fingerprint density at radius 3 is 3.05 bits per heavy atom. The number of hydrogen-bond donors (Lipinski definition) is 1. The molecule has 0 saturated carbocycles. The van der Waals surface area contributed by atoms with Crippen molar-refractivity contribution in [2.75, 3.05) is 40.4 Å². The maximum atomic E-state index is 12.1. The van der Waals surface area contributed by atoms with Crippen LogP contribution in [0.15, 0.2) is 6.07 Å². The number of likely N-dealkylation sites (N-methyl/N-ethyl adjacent to an activating group) is 1. The molecule has 1 fully saturated rings. The van der Waals surface area contributed by atoms with Gasteiger partial charge in [-0.2, -0.15) is 0 Å². The molecule has 1 aliphatic heterocycles. The van der Waals surface area contributed by atoms with Gasteiger partial charge in [-0.1, -0.05) is 0 Å². The molecule has 1 aromatic rings. The van der Waals surface area contributed by atoms with Gasteiger partial charge in [-0.25, -0.2) is 9.97 Å². The van der Waals surface area contributed by atoms with Gasteiger partial charge in [-0.15, -0.1) is 0 Å². The minimum absolute atomic E-state index is 0.164. The van der Waals surface area contributed by atoms with Crippen LogP contribution in [0.2, 0.25) is 0 Å². The first-order valence-corrected chi connectivity index (χ1v) is 7.41. The normalized spacial score (nSPS) is 19.5. The molecular formula is C15H24N4O2. The summed E-state index contributed by atoms with van der Waals surface area (Å²) < 4.78 is 4.93. The maximum Gasteiger partial charge on any atom is 0.270 e. The van der Waals surface area contributed by atoms with Gasteiger partial charge in [0.25, 0.3) is 5.91 Å². The molecule has 2 heterocycles. The van der Waals surface area contributed by atoms with Gasteiger partial charge in [-0.05, 0) is 39.4 Å². The van der Waals surface area contributed by atoms with Crippen LogP contribution < -0.4 is 5.32 Å². The highest BCUT2D eigenvalue weighted by Gasteiger charge is 2.22. The van der Waals surface area contributed by atoms with Crippen molar-refractivity contribution in [2.24, 2.45) is 0 Å². The van der Waals surface area contributed by atoms with Crippen molar-refractivity contribution in [3.05, 3.63) is 23.3 Å². The van der Waals surface area contributed by atoms with E-state index in [0.717, 1.165) is 25.2 Å². The topological polar surface area (TPSA) is 67.3 Å². The van der Waals surface area contributed by atoms with Gasteiger partial charge in [-0.3, -0.25) is 4.79 Å². The second kappa shape index (κ2) is 7.47. The molecule has 1 aromatic heterocycles. The van der Waals surface area contributed by atoms with E-state index < -0.39 is 0 Å². The number of nitrogens with zero attached hydrogens (tertiary/aromatic N) is 3. The summed E-state index contributed by atoms with van der Waals surface area (Å²) in [7, 11) is 3.73. The Morgan fingerprint density at radius 1 is 1.52 bits per heavy atom. The predicted molar refractivity (Wildman–Crippen MR) is 80.5 cm³/mol. The minimum atomic E-state index is -0.164. The van der Waals surface area contributed by atoms with Gasteiger partial charge in [0.1, 0.15) is 11.5 Å². The lowest BCUT2D eigenvalue weighted by molar-refractivity contribution is 0.0931. The van der Waals surface area contributed by atoms with E-state index in [1.54, 1.807) is 7.11 Å². The molecule has 0 aliphatic carbocycles. The molecule has 0 aromatic carbocycles. The number of hydrogen-bond acceptors (Lipinski definition) is 5. The van der Waals surface area contributed by atoms with Crippen molar-refractivity contribution in [3.8, 4) is 0 Å². The third kappa shape index (κ3) is 4.47. The fourth-order valence-electron chi connectivity index (χ4n) is 2.68. The third-order valence-electron chi connectivity index (χ3n) is 3.72. The summed E-state index contributed by atoms with van der Waals surface area (Å²) in [6, 6.07) is 1.83. The Hall–Kier alpha value is -1.53. The summed E-state index contributed by atoms with van der Waals surface area (Å²) in [6.07, 6.45) is 2.28. The predicted octanol–water partition coefficient (Wildman–Crippen LogP) is 0.970. The van der Waals surface area contributed by atoms with Crippen molar-refractivity contribution in [3.63, 3.8) is 0 Å². The number of ether oxygens (including phenoxy) is 1. The average molecular weight is 292 g/mol. The highest BCUT2D eigenvalue weighted by Crippen LogP contribution is 2.25. The quantitative estimate of drug-likeness (QED) is 0.819. The molecule has 21 heavy (non-hydrogen) atoms. The fourth-order valence-corrected chi connectivity index (χ4v) is 2.68. The second-order valence-corrected chi connectivity index (χ2v) is 5.58. The lowest BCUT2D eigenvalue weighted by Gasteiger charge is -2.29. The van der Waals surface area contributed by atoms with Crippen LogP contribution in [0.3, 0.4) is 0 Å². The molecule has 1 amide bonds. The number of nitrogens with one attached hydrogen (secondary N) is 1. The summed E-state index contributed by atoms with van der Waals surface area (Å²) in [6.45, 7) is 4.93. The molecule has 116 valence electrons. The second-order valence-electron chi connectivity index (χ2n) is 5.58. The number of amides is 1. The van der Waals surface area contributed by atoms with E-state index >= 15 is 0 Å². The highest BCUT2D eigenvalue weighted by atomic mass is 16.5. The minimum Gasteiger partial charge on any atom is -0.383 e. The van der Waals surface area contributed by atoms with Crippen molar-refractivity contribution in [1.82, 2.24) is 20.2 Å². The monoisotopic (exact) mass is 292 g/mol. The first kappa shape index (κ1) is 15.9. The van der Waals surface area contributed by atoms with Crippen molar-refractivity contribution < 1.29 is 9.53 Å². The zero-order valence-electron chi connectivity index (χ0n) is 13.1. The SMILES string of the molecule is COCCNC(=O)c1cc(C2CCCN(C)C2)nc(C)n1. The molecule has 1 aliphatic rings. The van der Waals surface area contributed by atoms with E-state index in [-0.39, 0.29) is 5.91 Å². The number of aryl methyl sites for hydroxylation is 1. The molecule has 6 nitrogen and oxygen atoms in total. The van der Waals surface area contributed by atoms with Crippen LogP contribution in [-0.4, -0.2) is 61.2 Å². The number of rotatable bonds is 5. The van der Waals surface area contributed by atoms with Crippen LogP contribution >= 0.6 is 0 Å². The van der Waals surface area contributed by atoms with Gasteiger partial charge in [0.2, 0.25) is 0 Å². The molecule has 6 heteroatoms. The third-order valence-corrected chi connectivity index (χ3v) is 3.72. The van der Waals surface area contributed by atoms with Gasteiger partial charge in [0.15, 0.2) is 0 Å². The number of piperidine rings is 1. The average Bonchev–Trinajstić information content (AvgIpc) is 2.47. The van der Waals surface area contributed by atoms with Gasteiger partial charge < -0.3 is 15.0 Å². The van der Waals surface area contributed by atoms with Crippen molar-refractivity contribution in [1.29, 1.82) is 0 Å². The molecule has 1 N–H and O–H groups in total. The number of carbonyl (C=O) groups is 1. The van der Waals surface area contributed by atoms with Gasteiger partial charge in [0.05, 0.1) is 6.61 Å². The zero-order chi connectivity index (χ0) is 15.2. The fraction of sp³-hybridized carbons (Fsp3) is 0.667. The largest absolute Gasteiger partial charge is 0.383 e. The Labute approximate surface area is 125 Å². The summed E-state index contributed by atoms with van der Waals surface area (Å²) >= 11 is 0. The molecule has 0 bridgehead atoms. The van der Waals surface area contributed by atoms with Crippen LogP contribution in [-0.2, 0) is 4.74 Å². The Kier molecular flexibility index (Phi) is 5.64. The molecule has 0 spiro atoms. The lowest BCUT2D eigenvalue weighted by Crippen LogP contribution is -2.32. The summed E-state index contributed by atoms with van der Waals surface area (Å²) in [5, 5.41) is 2.80. The molecular weight excluding hydrogens is 268 g/mol. The number of aromatic nitrogens is 2. The van der Waals surface area contributed by atoms with Crippen molar-refractivity contribution in [2.45, 2.75) is 25.7 Å². The van der Waals surface area contributed by atoms with E-state index in [1.165, 1.54) is 6.42 Å². The number of likely N-dealkylation sites (tertiary alicyclic amines) is 1. The van der Waals surface area contributed by atoms with Crippen LogP contribution in [0.5, 0.6) is 0 Å². The van der Waals surface area contributed by atoms with E-state index in [1.807, 2.05) is 13.0 Å². The van der Waals surface area contributed by atoms with Crippen LogP contribution in [0, 0.1) is 6.92 Å². The molecule has 1 atom stereocenters. The standard InChI is InChI=1S/C15H24N4O2/c1-11-17-13(12-5-4-7-19(2)10-12)9-14(18-11)15(20)16-6-8-21-3/h9,12H,4-8,10H2,1-3H3,(H,16,20). The lowest BCUT2D eigenvalue weighted by atomic mass is 9.94. The zero-order valence-corrected chi connectivity index (χ0v) is 13.1. The van der Waals surface area contributed by atoms with Gasteiger partial charge in [0, 0.05) is 31.8 Å². The first-order valence-electron chi connectivity index (χ1n) is 7.41. The Balaban J connectivity index is 2.11. The Bertz CT molecular complexity index is 493. The van der Waals surface area contributed by atoms with E-state index in [0.29, 0.717) is 30.6 Å². The maximum absolute atomic E-state index is 12.1. The summed E-state index contributed by atoms with van der Waals surface area (Å²) in [4.78, 5) is 23.2. The van der Waals surface area contributed by atoms with Gasteiger partial charge >= 0.3 is 0 Å². The summed E-state index contributed by atoms with van der Waals surface area (Å²) in [5.74, 6) is 0.872. The molecule has 1 saturated heterocycles. The van der Waals surface area contributed by atoms with Crippen LogP contribution in [0.25, 0.3) is 0 Å². The molecule has 0 radical (unpaired) electrons. The van der Waals surface area contributed by atoms with E-state index in [9.17, 15) is 4.79 Å². The van der Waals surface area contributed by atoms with Crippen molar-refractivity contribution >= 4 is 5.91 Å². The Morgan fingerprint density at radius 2 is 2.33 bits per heavy atom. The highest BCUT2D eigenvalue weighted by molar-refractivity contribution is 5.92. The van der Waals surface area contributed by atoms with E-state index in [4.69, 9.17) is 4.74 Å². The van der Waals surface area contributed by atoms with Crippen LogP contribution in [0.1, 0.15) is 40.8 Å². The number of methoxy groups -OCH3 is 1. The smallest absolute Gasteiger partial charge is 0.270 e. The number of carbonyl (C=O) groups excluding carboxylic acids is 1. The first-order chi connectivity index (χ1) is 10.1. The summed E-state index contributed by atoms with van der Waals surface area (Å²) in [5.41, 5.74) is 1.42. The van der Waals surface area contributed by atoms with E-state index in [2.05, 4.69) is 27.2 Å². The van der Waals surface area contributed by atoms with Crippen LogP contribution in [0.4, 0.5) is 0 Å². The molecule has 1 unspecified atom stereocenters. The molecule has 2 rings (SSSR count).